The van der Waals surface area contributed by atoms with E-state index in [1.54, 1.807) is 13.2 Å². The molecule has 0 saturated heterocycles. The molecule has 5 nitrogen and oxygen atoms in total. The third-order valence-electron chi connectivity index (χ3n) is 2.38. The lowest BCUT2D eigenvalue weighted by Gasteiger charge is -2.08. The molecule has 0 atom stereocenters. The number of hydrogen-bond acceptors (Lipinski definition) is 5. The Hall–Kier alpha value is -2.17. The van der Waals surface area contributed by atoms with Gasteiger partial charge in [0, 0.05) is 17.8 Å². The van der Waals surface area contributed by atoms with E-state index in [0.717, 1.165) is 17.1 Å². The van der Waals surface area contributed by atoms with Crippen molar-refractivity contribution in [1.29, 1.82) is 0 Å². The van der Waals surface area contributed by atoms with E-state index in [4.69, 9.17) is 15.0 Å². The van der Waals surface area contributed by atoms with Crippen molar-refractivity contribution in [1.82, 2.24) is 5.16 Å². The molecule has 1 heterocycles. The Morgan fingerprint density at radius 1 is 1.41 bits per heavy atom. The monoisotopic (exact) mass is 233 g/mol. The molecule has 2 rings (SSSR count). The van der Waals surface area contributed by atoms with Crippen LogP contribution < -0.4 is 15.8 Å². The molecule has 0 unspecified atom stereocenters. The van der Waals surface area contributed by atoms with Crippen molar-refractivity contribution in [2.24, 2.45) is 0 Å². The van der Waals surface area contributed by atoms with Gasteiger partial charge >= 0.3 is 0 Å². The Kier molecular flexibility index (Phi) is 3.18. The molecule has 17 heavy (non-hydrogen) atoms. The molecule has 0 aliphatic carbocycles. The summed E-state index contributed by atoms with van der Waals surface area (Å²) < 4.78 is 10.1. The van der Waals surface area contributed by atoms with Crippen LogP contribution in [0, 0.1) is 6.92 Å². The zero-order valence-electron chi connectivity index (χ0n) is 9.86. The van der Waals surface area contributed by atoms with Gasteiger partial charge in [-0.3, -0.25) is 0 Å². The Morgan fingerprint density at radius 2 is 2.24 bits per heavy atom. The van der Waals surface area contributed by atoms with E-state index < -0.39 is 0 Å². The fourth-order valence-corrected chi connectivity index (χ4v) is 1.51. The maximum atomic E-state index is 5.73. The van der Waals surface area contributed by atoms with Crippen LogP contribution in [0.15, 0.2) is 28.8 Å². The number of aromatic nitrogens is 1. The fraction of sp³-hybridized carbons (Fsp3) is 0.250. The number of aryl methyl sites for hydroxylation is 1. The van der Waals surface area contributed by atoms with Crippen molar-refractivity contribution in [2.45, 2.75) is 13.5 Å². The second-order valence-corrected chi connectivity index (χ2v) is 3.74. The summed E-state index contributed by atoms with van der Waals surface area (Å²) in [5.41, 5.74) is 8.14. The zero-order chi connectivity index (χ0) is 12.3. The minimum atomic E-state index is 0.602. The average molecular weight is 233 g/mol. The molecule has 0 bridgehead atoms. The van der Waals surface area contributed by atoms with Crippen molar-refractivity contribution < 1.29 is 9.26 Å². The van der Waals surface area contributed by atoms with Gasteiger partial charge in [-0.15, -0.1) is 0 Å². The smallest absolute Gasteiger partial charge is 0.143 e. The maximum Gasteiger partial charge on any atom is 0.143 e. The summed E-state index contributed by atoms with van der Waals surface area (Å²) in [6.45, 7) is 2.47. The van der Waals surface area contributed by atoms with Crippen LogP contribution in [-0.4, -0.2) is 12.3 Å². The molecular formula is C12H15N3O2. The molecule has 0 amide bonds. The molecule has 0 aliphatic rings. The Morgan fingerprint density at radius 3 is 2.88 bits per heavy atom. The van der Waals surface area contributed by atoms with Crippen LogP contribution in [0.5, 0.6) is 5.75 Å². The van der Waals surface area contributed by atoms with Gasteiger partial charge in [-0.05, 0) is 19.1 Å². The molecule has 0 aliphatic heterocycles. The van der Waals surface area contributed by atoms with Crippen molar-refractivity contribution in [3.63, 3.8) is 0 Å². The summed E-state index contributed by atoms with van der Waals surface area (Å²) in [6.07, 6.45) is 0. The topological polar surface area (TPSA) is 73.3 Å². The molecule has 2 aromatic rings. The van der Waals surface area contributed by atoms with Crippen molar-refractivity contribution in [3.05, 3.63) is 35.7 Å². The number of anilines is 2. The number of hydrogen-bond donors (Lipinski definition) is 2. The standard InChI is InChI=1S/C12H15N3O2/c1-8-5-10(15-17-8)7-14-9-3-4-11(13)12(6-9)16-2/h3-6,14H,7,13H2,1-2H3. The number of nitrogen functional groups attached to an aromatic ring is 1. The number of rotatable bonds is 4. The van der Waals surface area contributed by atoms with E-state index >= 15 is 0 Å². The Bertz CT molecular complexity index is 508. The molecule has 0 spiro atoms. The predicted molar refractivity (Wildman–Crippen MR) is 66.0 cm³/mol. The summed E-state index contributed by atoms with van der Waals surface area (Å²) >= 11 is 0. The number of benzene rings is 1. The first-order chi connectivity index (χ1) is 8.19. The molecule has 0 saturated carbocycles. The van der Waals surface area contributed by atoms with Crippen molar-refractivity contribution >= 4 is 11.4 Å². The lowest BCUT2D eigenvalue weighted by atomic mass is 10.2. The lowest BCUT2D eigenvalue weighted by molar-refractivity contribution is 0.391. The highest BCUT2D eigenvalue weighted by Crippen LogP contribution is 2.25. The van der Waals surface area contributed by atoms with E-state index in [-0.39, 0.29) is 0 Å². The van der Waals surface area contributed by atoms with Crippen LogP contribution in [-0.2, 0) is 6.54 Å². The van der Waals surface area contributed by atoms with Gasteiger partial charge in [0.1, 0.15) is 17.2 Å². The van der Waals surface area contributed by atoms with Crippen molar-refractivity contribution in [2.75, 3.05) is 18.2 Å². The Labute approximate surface area is 99.6 Å². The van der Waals surface area contributed by atoms with E-state index in [2.05, 4.69) is 10.5 Å². The number of nitrogens with zero attached hydrogens (tertiary/aromatic N) is 1. The van der Waals surface area contributed by atoms with E-state index in [0.29, 0.717) is 18.0 Å². The molecule has 0 fully saturated rings. The highest BCUT2D eigenvalue weighted by atomic mass is 16.5. The number of ether oxygens (including phenoxy) is 1. The van der Waals surface area contributed by atoms with Gasteiger partial charge in [-0.1, -0.05) is 5.16 Å². The van der Waals surface area contributed by atoms with Crippen molar-refractivity contribution in [3.8, 4) is 5.75 Å². The molecule has 1 aromatic heterocycles. The number of nitrogens with one attached hydrogen (secondary N) is 1. The molecule has 3 N–H and O–H groups in total. The van der Waals surface area contributed by atoms with E-state index in [1.165, 1.54) is 0 Å². The molecule has 90 valence electrons. The minimum Gasteiger partial charge on any atom is -0.495 e. The zero-order valence-corrected chi connectivity index (χ0v) is 9.86. The molecular weight excluding hydrogens is 218 g/mol. The highest BCUT2D eigenvalue weighted by molar-refractivity contribution is 5.61. The van der Waals surface area contributed by atoms with Gasteiger partial charge in [0.2, 0.25) is 0 Å². The quantitative estimate of drug-likeness (QED) is 0.792. The third kappa shape index (κ3) is 2.69. The van der Waals surface area contributed by atoms with E-state index in [1.807, 2.05) is 25.1 Å². The third-order valence-corrected chi connectivity index (χ3v) is 2.38. The first-order valence-corrected chi connectivity index (χ1v) is 5.28. The fourth-order valence-electron chi connectivity index (χ4n) is 1.51. The van der Waals surface area contributed by atoms with Crippen LogP contribution in [0.4, 0.5) is 11.4 Å². The minimum absolute atomic E-state index is 0.602. The summed E-state index contributed by atoms with van der Waals surface area (Å²) in [5, 5.41) is 7.12. The average Bonchev–Trinajstić information content (AvgIpc) is 2.74. The van der Waals surface area contributed by atoms with Crippen LogP contribution in [0.2, 0.25) is 0 Å². The van der Waals surface area contributed by atoms with Crippen LogP contribution in [0.1, 0.15) is 11.5 Å². The number of methoxy groups -OCH3 is 1. The molecule has 1 aromatic carbocycles. The van der Waals surface area contributed by atoms with Crippen LogP contribution in [0.3, 0.4) is 0 Å². The molecule has 0 radical (unpaired) electrons. The lowest BCUT2D eigenvalue weighted by Crippen LogP contribution is -2.00. The van der Waals surface area contributed by atoms with Gasteiger partial charge in [0.15, 0.2) is 0 Å². The van der Waals surface area contributed by atoms with Gasteiger partial charge in [0.25, 0.3) is 0 Å². The van der Waals surface area contributed by atoms with Gasteiger partial charge in [0.05, 0.1) is 19.3 Å². The molecule has 5 heteroatoms. The van der Waals surface area contributed by atoms with Gasteiger partial charge in [-0.2, -0.15) is 0 Å². The summed E-state index contributed by atoms with van der Waals surface area (Å²) in [4.78, 5) is 0. The second kappa shape index (κ2) is 4.78. The van der Waals surface area contributed by atoms with Crippen LogP contribution >= 0.6 is 0 Å². The maximum absolute atomic E-state index is 5.73. The van der Waals surface area contributed by atoms with Crippen LogP contribution in [0.25, 0.3) is 0 Å². The van der Waals surface area contributed by atoms with Gasteiger partial charge < -0.3 is 20.3 Å². The predicted octanol–water partition coefficient (Wildman–Crippen LogP) is 2.19. The normalized spacial score (nSPS) is 10.2. The summed E-state index contributed by atoms with van der Waals surface area (Å²) in [5.74, 6) is 1.46. The first kappa shape index (κ1) is 11.3. The summed E-state index contributed by atoms with van der Waals surface area (Å²) in [6, 6.07) is 7.43. The number of nitrogens with two attached hydrogens (primary N) is 1. The van der Waals surface area contributed by atoms with Gasteiger partial charge in [-0.25, -0.2) is 0 Å². The Balaban J connectivity index is 2.04. The second-order valence-electron chi connectivity index (χ2n) is 3.74. The SMILES string of the molecule is COc1cc(NCc2cc(C)on2)ccc1N. The largest absolute Gasteiger partial charge is 0.495 e. The van der Waals surface area contributed by atoms with E-state index in [9.17, 15) is 0 Å². The highest BCUT2D eigenvalue weighted by Gasteiger charge is 2.03. The first-order valence-electron chi connectivity index (χ1n) is 5.28. The summed E-state index contributed by atoms with van der Waals surface area (Å²) in [7, 11) is 1.59.